The Labute approximate surface area is 212 Å². The number of thioether (sulfide) groups is 1. The van der Waals surface area contributed by atoms with Crippen molar-refractivity contribution in [1.29, 1.82) is 0 Å². The molecule has 168 valence electrons. The summed E-state index contributed by atoms with van der Waals surface area (Å²) in [6.45, 7) is 2.43. The van der Waals surface area contributed by atoms with Crippen molar-refractivity contribution in [2.45, 2.75) is 20.1 Å². The van der Waals surface area contributed by atoms with Crippen LogP contribution in [0.15, 0.2) is 74.5 Å². The molecule has 4 rings (SSSR count). The molecule has 1 aliphatic rings. The van der Waals surface area contributed by atoms with Crippen LogP contribution in [-0.2, 0) is 17.9 Å². The number of carbonyl (C=O) groups is 2. The summed E-state index contributed by atoms with van der Waals surface area (Å²) < 4.78 is 20.6. The zero-order chi connectivity index (χ0) is 23.5. The maximum atomic E-state index is 13.4. The molecule has 3 aromatic carbocycles. The minimum absolute atomic E-state index is 0.201. The fraction of sp³-hybridized carbons (Fsp3) is 0.120. The Hall–Kier alpha value is -2.42. The van der Waals surface area contributed by atoms with Crippen LogP contribution >= 0.6 is 43.6 Å². The first-order valence-electron chi connectivity index (χ1n) is 9.97. The summed E-state index contributed by atoms with van der Waals surface area (Å²) in [5.41, 5.74) is 3.45. The summed E-state index contributed by atoms with van der Waals surface area (Å²) in [6.07, 6.45) is 1.69. The minimum atomic E-state index is -0.319. The van der Waals surface area contributed by atoms with Crippen LogP contribution in [0.1, 0.15) is 22.3 Å². The largest absolute Gasteiger partial charge is 0.487 e. The van der Waals surface area contributed by atoms with Crippen molar-refractivity contribution in [2.24, 2.45) is 0 Å². The zero-order valence-electron chi connectivity index (χ0n) is 17.5. The van der Waals surface area contributed by atoms with Gasteiger partial charge in [-0.2, -0.15) is 0 Å². The second-order valence-corrected chi connectivity index (χ2v) is 10.2. The Balaban J connectivity index is 1.49. The second-order valence-electron chi connectivity index (χ2n) is 7.49. The van der Waals surface area contributed by atoms with E-state index < -0.39 is 0 Å². The highest BCUT2D eigenvalue weighted by atomic mass is 79.9. The molecule has 0 radical (unpaired) electrons. The molecule has 1 fully saturated rings. The van der Waals surface area contributed by atoms with Crippen LogP contribution in [0.4, 0.5) is 9.18 Å². The SMILES string of the molecule is Cc1ccc(CN2C(=O)S/C(=C\c3cc(Br)c(OCc4cccc(F)c4)c(Br)c3)C2=O)cc1. The van der Waals surface area contributed by atoms with Gasteiger partial charge in [0.2, 0.25) is 0 Å². The van der Waals surface area contributed by atoms with Crippen molar-refractivity contribution < 1.29 is 18.7 Å². The molecule has 1 aliphatic heterocycles. The zero-order valence-corrected chi connectivity index (χ0v) is 21.5. The Morgan fingerprint density at radius 3 is 2.36 bits per heavy atom. The number of ether oxygens (including phenoxy) is 1. The van der Waals surface area contributed by atoms with Crippen molar-refractivity contribution in [3.05, 3.63) is 103 Å². The number of rotatable bonds is 6. The van der Waals surface area contributed by atoms with Crippen LogP contribution in [0.5, 0.6) is 5.75 Å². The monoisotopic (exact) mass is 589 g/mol. The topological polar surface area (TPSA) is 46.6 Å². The lowest BCUT2D eigenvalue weighted by Crippen LogP contribution is -2.27. The molecule has 8 heteroatoms. The number of benzene rings is 3. The molecule has 0 saturated carbocycles. The molecule has 1 heterocycles. The van der Waals surface area contributed by atoms with Gasteiger partial charge in [-0.15, -0.1) is 0 Å². The molecule has 3 aromatic rings. The molecule has 2 amide bonds. The second kappa shape index (κ2) is 10.2. The average molecular weight is 591 g/mol. The highest BCUT2D eigenvalue weighted by Crippen LogP contribution is 2.38. The molecule has 0 atom stereocenters. The maximum absolute atomic E-state index is 13.4. The first kappa shape index (κ1) is 23.7. The van der Waals surface area contributed by atoms with Gasteiger partial charge in [0.05, 0.1) is 20.4 Å². The lowest BCUT2D eigenvalue weighted by Gasteiger charge is -2.13. The lowest BCUT2D eigenvalue weighted by atomic mass is 10.1. The molecule has 0 bridgehead atoms. The van der Waals surface area contributed by atoms with Gasteiger partial charge in [0, 0.05) is 0 Å². The summed E-state index contributed by atoms with van der Waals surface area (Å²) in [5, 5.41) is -0.292. The van der Waals surface area contributed by atoms with E-state index >= 15 is 0 Å². The van der Waals surface area contributed by atoms with Gasteiger partial charge < -0.3 is 4.74 Å². The standard InChI is InChI=1S/C25H18Br2FNO3S/c1-15-5-7-16(8-6-15)13-29-24(30)22(33-25(29)31)12-18-10-20(26)23(21(27)11-18)32-14-17-3-2-4-19(28)9-17/h2-12H,13-14H2,1H3/b22-12-. The van der Waals surface area contributed by atoms with E-state index in [4.69, 9.17) is 4.74 Å². The van der Waals surface area contributed by atoms with Gasteiger partial charge in [-0.25, -0.2) is 4.39 Å². The van der Waals surface area contributed by atoms with E-state index in [1.54, 1.807) is 30.3 Å². The van der Waals surface area contributed by atoms with Crippen LogP contribution < -0.4 is 4.74 Å². The quantitative estimate of drug-likeness (QED) is 0.279. The summed E-state index contributed by atoms with van der Waals surface area (Å²) in [7, 11) is 0. The normalized spacial score (nSPS) is 14.9. The van der Waals surface area contributed by atoms with Crippen LogP contribution in [0.3, 0.4) is 0 Å². The highest BCUT2D eigenvalue weighted by molar-refractivity contribution is 9.11. The number of imide groups is 1. The molecule has 0 aromatic heterocycles. The van der Waals surface area contributed by atoms with E-state index in [-0.39, 0.29) is 30.1 Å². The summed E-state index contributed by atoms with van der Waals surface area (Å²) in [6, 6.07) is 17.6. The number of amides is 2. The number of aryl methyl sites for hydroxylation is 1. The van der Waals surface area contributed by atoms with Gasteiger partial charge in [-0.05, 0) is 97.6 Å². The van der Waals surface area contributed by atoms with Crippen molar-refractivity contribution >= 4 is 60.8 Å². The fourth-order valence-corrected chi connectivity index (χ4v) is 5.54. The van der Waals surface area contributed by atoms with Crippen LogP contribution in [-0.4, -0.2) is 16.0 Å². The van der Waals surface area contributed by atoms with Crippen LogP contribution in [0, 0.1) is 12.7 Å². The predicted octanol–water partition coefficient (Wildman–Crippen LogP) is 7.47. The summed E-state index contributed by atoms with van der Waals surface area (Å²) in [5.74, 6) is -0.0750. The molecule has 0 spiro atoms. The van der Waals surface area contributed by atoms with Gasteiger partial charge >= 0.3 is 0 Å². The molecule has 4 nitrogen and oxygen atoms in total. The number of carbonyl (C=O) groups excluding carboxylic acids is 2. The molecule has 0 unspecified atom stereocenters. The first-order valence-corrected chi connectivity index (χ1v) is 12.4. The smallest absolute Gasteiger partial charge is 0.293 e. The van der Waals surface area contributed by atoms with Gasteiger partial charge in [-0.3, -0.25) is 14.5 Å². The third kappa shape index (κ3) is 5.75. The Kier molecular flexibility index (Phi) is 7.36. The van der Waals surface area contributed by atoms with Crippen LogP contribution in [0.25, 0.3) is 6.08 Å². The molecule has 1 saturated heterocycles. The number of nitrogens with zero attached hydrogens (tertiary/aromatic N) is 1. The Morgan fingerprint density at radius 2 is 1.70 bits per heavy atom. The van der Waals surface area contributed by atoms with Crippen molar-refractivity contribution in [3.8, 4) is 5.75 Å². The number of hydrogen-bond acceptors (Lipinski definition) is 4. The lowest BCUT2D eigenvalue weighted by molar-refractivity contribution is -0.123. The first-order chi connectivity index (χ1) is 15.8. The Bertz CT molecular complexity index is 1240. The predicted molar refractivity (Wildman–Crippen MR) is 135 cm³/mol. The highest BCUT2D eigenvalue weighted by Gasteiger charge is 2.35. The van der Waals surface area contributed by atoms with Gasteiger partial charge in [0.25, 0.3) is 11.1 Å². The van der Waals surface area contributed by atoms with Crippen molar-refractivity contribution in [1.82, 2.24) is 4.90 Å². The Morgan fingerprint density at radius 1 is 1.00 bits per heavy atom. The van der Waals surface area contributed by atoms with Gasteiger partial charge in [-0.1, -0.05) is 42.0 Å². The molecular weight excluding hydrogens is 573 g/mol. The average Bonchev–Trinajstić information content (AvgIpc) is 3.02. The van der Waals surface area contributed by atoms with E-state index in [1.165, 1.54) is 17.0 Å². The summed E-state index contributed by atoms with van der Waals surface area (Å²) in [4.78, 5) is 26.9. The summed E-state index contributed by atoms with van der Waals surface area (Å²) >= 11 is 7.92. The molecule has 0 N–H and O–H groups in total. The number of hydrogen-bond donors (Lipinski definition) is 0. The van der Waals surface area contributed by atoms with Gasteiger partial charge in [0.15, 0.2) is 0 Å². The molecular formula is C25H18Br2FNO3S. The fourth-order valence-electron chi connectivity index (χ4n) is 3.25. The number of halogens is 3. The molecule has 33 heavy (non-hydrogen) atoms. The van der Waals surface area contributed by atoms with Crippen molar-refractivity contribution in [3.63, 3.8) is 0 Å². The van der Waals surface area contributed by atoms with Crippen LogP contribution in [0.2, 0.25) is 0 Å². The van der Waals surface area contributed by atoms with E-state index in [2.05, 4.69) is 31.9 Å². The van der Waals surface area contributed by atoms with E-state index in [1.807, 2.05) is 31.2 Å². The van der Waals surface area contributed by atoms with E-state index in [9.17, 15) is 14.0 Å². The maximum Gasteiger partial charge on any atom is 0.293 e. The molecule has 0 aliphatic carbocycles. The van der Waals surface area contributed by atoms with E-state index in [0.29, 0.717) is 25.2 Å². The van der Waals surface area contributed by atoms with E-state index in [0.717, 1.165) is 28.5 Å². The van der Waals surface area contributed by atoms with Gasteiger partial charge in [0.1, 0.15) is 18.2 Å². The third-order valence-corrected chi connectivity index (χ3v) is 7.01. The van der Waals surface area contributed by atoms with Crippen molar-refractivity contribution in [2.75, 3.05) is 0 Å². The third-order valence-electron chi connectivity index (χ3n) is 4.93. The minimum Gasteiger partial charge on any atom is -0.487 e.